The largest absolute Gasteiger partial charge is 0.378 e. The first kappa shape index (κ1) is 13.1. The number of hydrogen-bond donors (Lipinski definition) is 1. The summed E-state index contributed by atoms with van der Waals surface area (Å²) in [6.07, 6.45) is 0. The number of nitrogens with one attached hydrogen (secondary N) is 1. The summed E-state index contributed by atoms with van der Waals surface area (Å²) in [6, 6.07) is 9.62. The molecule has 0 aliphatic carbocycles. The normalized spacial score (nSPS) is 10.3. The van der Waals surface area contributed by atoms with Gasteiger partial charge in [0.25, 0.3) is 5.91 Å². The van der Waals surface area contributed by atoms with Crippen molar-refractivity contribution in [2.45, 2.75) is 13.5 Å². The third-order valence-corrected chi connectivity index (χ3v) is 2.76. The summed E-state index contributed by atoms with van der Waals surface area (Å²) in [7, 11) is 3.98. The Balaban J connectivity index is 1.93. The topological polar surface area (TPSA) is 58.4 Å². The van der Waals surface area contributed by atoms with Gasteiger partial charge in [-0.2, -0.15) is 0 Å². The number of nitrogens with zero attached hydrogens (tertiary/aromatic N) is 2. The monoisotopic (exact) mass is 259 g/mol. The molecule has 0 aliphatic heterocycles. The van der Waals surface area contributed by atoms with Crippen LogP contribution in [0.2, 0.25) is 0 Å². The maximum absolute atomic E-state index is 11.8. The van der Waals surface area contributed by atoms with Crippen molar-refractivity contribution < 1.29 is 9.32 Å². The second kappa shape index (κ2) is 5.56. The van der Waals surface area contributed by atoms with E-state index in [4.69, 9.17) is 4.52 Å². The summed E-state index contributed by atoms with van der Waals surface area (Å²) in [5.74, 6) is -0.0142. The van der Waals surface area contributed by atoms with Crippen molar-refractivity contribution in [1.82, 2.24) is 10.5 Å². The molecule has 0 saturated carbocycles. The molecule has 1 heterocycles. The molecule has 0 spiro atoms. The molecule has 1 aromatic heterocycles. The van der Waals surface area contributed by atoms with Crippen molar-refractivity contribution in [3.8, 4) is 0 Å². The number of amides is 1. The van der Waals surface area contributed by atoms with Crippen LogP contribution < -0.4 is 10.2 Å². The van der Waals surface area contributed by atoms with Crippen molar-refractivity contribution in [2.75, 3.05) is 19.0 Å². The third kappa shape index (κ3) is 3.34. The van der Waals surface area contributed by atoms with Gasteiger partial charge in [0, 0.05) is 32.4 Å². The summed E-state index contributed by atoms with van der Waals surface area (Å²) >= 11 is 0. The minimum absolute atomic E-state index is 0.238. The van der Waals surface area contributed by atoms with Crippen molar-refractivity contribution in [2.24, 2.45) is 0 Å². The Morgan fingerprint density at radius 1 is 1.32 bits per heavy atom. The van der Waals surface area contributed by atoms with Gasteiger partial charge in [0.1, 0.15) is 0 Å². The van der Waals surface area contributed by atoms with Crippen LogP contribution in [0.4, 0.5) is 5.69 Å². The van der Waals surface area contributed by atoms with Crippen LogP contribution in [0.25, 0.3) is 0 Å². The van der Waals surface area contributed by atoms with Crippen LogP contribution in [0.3, 0.4) is 0 Å². The van der Waals surface area contributed by atoms with E-state index < -0.39 is 0 Å². The zero-order valence-corrected chi connectivity index (χ0v) is 11.3. The first-order valence-corrected chi connectivity index (χ1v) is 6.04. The quantitative estimate of drug-likeness (QED) is 0.912. The van der Waals surface area contributed by atoms with Gasteiger partial charge < -0.3 is 14.7 Å². The van der Waals surface area contributed by atoms with Gasteiger partial charge in [-0.1, -0.05) is 17.3 Å². The summed E-state index contributed by atoms with van der Waals surface area (Å²) in [6.45, 7) is 2.24. The molecule has 0 saturated heterocycles. The Morgan fingerprint density at radius 3 is 2.53 bits per heavy atom. The van der Waals surface area contributed by atoms with Gasteiger partial charge >= 0.3 is 0 Å². The Hall–Kier alpha value is -2.30. The van der Waals surface area contributed by atoms with Gasteiger partial charge in [-0.25, -0.2) is 0 Å². The molecule has 0 unspecified atom stereocenters. The Labute approximate surface area is 112 Å². The summed E-state index contributed by atoms with van der Waals surface area (Å²) in [4.78, 5) is 13.8. The van der Waals surface area contributed by atoms with Gasteiger partial charge in [-0.3, -0.25) is 4.79 Å². The van der Waals surface area contributed by atoms with E-state index in [1.54, 1.807) is 13.0 Å². The van der Waals surface area contributed by atoms with Crippen LogP contribution in [0.1, 0.15) is 21.8 Å². The highest BCUT2D eigenvalue weighted by atomic mass is 16.5. The van der Waals surface area contributed by atoms with Crippen molar-refractivity contribution in [3.05, 3.63) is 47.3 Å². The standard InChI is InChI=1S/C14H17N3O2/c1-10-8-13(19-16-10)14(18)15-9-11-4-6-12(7-5-11)17(2)3/h4-8H,9H2,1-3H3,(H,15,18). The number of hydrogen-bond acceptors (Lipinski definition) is 4. The second-order valence-electron chi connectivity index (χ2n) is 4.58. The van der Waals surface area contributed by atoms with Gasteiger partial charge in [0.05, 0.1) is 5.69 Å². The molecule has 1 N–H and O–H groups in total. The molecule has 0 bridgehead atoms. The lowest BCUT2D eigenvalue weighted by Gasteiger charge is -2.12. The maximum Gasteiger partial charge on any atom is 0.290 e. The molecule has 2 aromatic rings. The molecule has 0 fully saturated rings. The molecule has 1 amide bonds. The molecule has 0 aliphatic rings. The lowest BCUT2D eigenvalue weighted by Crippen LogP contribution is -2.22. The first-order chi connectivity index (χ1) is 9.06. The van der Waals surface area contributed by atoms with E-state index >= 15 is 0 Å². The van der Waals surface area contributed by atoms with Crippen LogP contribution in [-0.2, 0) is 6.54 Å². The van der Waals surface area contributed by atoms with Crippen LogP contribution in [0, 0.1) is 6.92 Å². The molecule has 5 heteroatoms. The summed E-state index contributed by atoms with van der Waals surface area (Å²) in [5, 5.41) is 6.47. The number of benzene rings is 1. The van der Waals surface area contributed by atoms with E-state index in [1.807, 2.05) is 43.3 Å². The molecule has 0 atom stereocenters. The molecular formula is C14H17N3O2. The van der Waals surface area contributed by atoms with Crippen LogP contribution in [0.15, 0.2) is 34.9 Å². The van der Waals surface area contributed by atoms with Crippen molar-refractivity contribution in [3.63, 3.8) is 0 Å². The van der Waals surface area contributed by atoms with E-state index in [2.05, 4.69) is 10.5 Å². The molecule has 19 heavy (non-hydrogen) atoms. The Bertz CT molecular complexity index is 558. The van der Waals surface area contributed by atoms with Crippen LogP contribution in [0.5, 0.6) is 0 Å². The molecule has 1 aromatic carbocycles. The summed E-state index contributed by atoms with van der Waals surface area (Å²) in [5.41, 5.74) is 2.86. The molecule has 5 nitrogen and oxygen atoms in total. The minimum Gasteiger partial charge on any atom is -0.378 e. The van der Waals surface area contributed by atoms with Gasteiger partial charge in [-0.05, 0) is 24.6 Å². The highest BCUT2D eigenvalue weighted by molar-refractivity contribution is 5.91. The Morgan fingerprint density at radius 2 is 2.00 bits per heavy atom. The third-order valence-electron chi connectivity index (χ3n) is 2.76. The predicted octanol–water partition coefficient (Wildman–Crippen LogP) is 1.98. The maximum atomic E-state index is 11.8. The van der Waals surface area contributed by atoms with E-state index in [-0.39, 0.29) is 11.7 Å². The van der Waals surface area contributed by atoms with E-state index in [0.29, 0.717) is 12.2 Å². The van der Waals surface area contributed by atoms with E-state index in [0.717, 1.165) is 11.3 Å². The van der Waals surface area contributed by atoms with Crippen LogP contribution in [-0.4, -0.2) is 25.2 Å². The van der Waals surface area contributed by atoms with Crippen molar-refractivity contribution in [1.29, 1.82) is 0 Å². The zero-order valence-electron chi connectivity index (χ0n) is 11.3. The van der Waals surface area contributed by atoms with Gasteiger partial charge in [-0.15, -0.1) is 0 Å². The van der Waals surface area contributed by atoms with Gasteiger partial charge in [0.15, 0.2) is 0 Å². The number of anilines is 1. The SMILES string of the molecule is Cc1cc(C(=O)NCc2ccc(N(C)C)cc2)on1. The molecular weight excluding hydrogens is 242 g/mol. The zero-order chi connectivity index (χ0) is 13.8. The van der Waals surface area contributed by atoms with Crippen molar-refractivity contribution >= 4 is 11.6 Å². The molecule has 2 rings (SSSR count). The van der Waals surface area contributed by atoms with E-state index in [1.165, 1.54) is 0 Å². The molecule has 100 valence electrons. The van der Waals surface area contributed by atoms with Crippen LogP contribution >= 0.6 is 0 Å². The number of carbonyl (C=O) groups excluding carboxylic acids is 1. The second-order valence-corrected chi connectivity index (χ2v) is 4.58. The summed E-state index contributed by atoms with van der Waals surface area (Å²) < 4.78 is 4.90. The lowest BCUT2D eigenvalue weighted by atomic mass is 10.2. The number of aromatic nitrogens is 1. The highest BCUT2D eigenvalue weighted by Gasteiger charge is 2.10. The number of aryl methyl sites for hydroxylation is 1. The fourth-order valence-corrected chi connectivity index (χ4v) is 1.65. The first-order valence-electron chi connectivity index (χ1n) is 6.04. The predicted molar refractivity (Wildman–Crippen MR) is 73.2 cm³/mol. The smallest absolute Gasteiger partial charge is 0.290 e. The average molecular weight is 259 g/mol. The number of rotatable bonds is 4. The van der Waals surface area contributed by atoms with E-state index in [9.17, 15) is 4.79 Å². The number of carbonyl (C=O) groups is 1. The Kier molecular flexibility index (Phi) is 3.85. The minimum atomic E-state index is -0.253. The molecule has 0 radical (unpaired) electrons. The van der Waals surface area contributed by atoms with Gasteiger partial charge in [0.2, 0.25) is 5.76 Å². The average Bonchev–Trinajstić information content (AvgIpc) is 2.83. The lowest BCUT2D eigenvalue weighted by molar-refractivity contribution is 0.0914. The highest BCUT2D eigenvalue weighted by Crippen LogP contribution is 2.12. The fourth-order valence-electron chi connectivity index (χ4n) is 1.65. The fraction of sp³-hybridized carbons (Fsp3) is 0.286.